The molecule has 0 N–H and O–H groups in total. The summed E-state index contributed by atoms with van der Waals surface area (Å²) in [6.45, 7) is -0.367. The third-order valence-electron chi connectivity index (χ3n) is 3.12. The lowest BCUT2D eigenvalue weighted by Crippen LogP contribution is -2.15. The third kappa shape index (κ3) is 4.44. The fourth-order valence-corrected chi connectivity index (χ4v) is 2.27. The van der Waals surface area contributed by atoms with Gasteiger partial charge in [-0.15, -0.1) is 0 Å². The van der Waals surface area contributed by atoms with Gasteiger partial charge in [-0.25, -0.2) is 4.79 Å². The lowest BCUT2D eigenvalue weighted by molar-refractivity contribution is 0.0474. The molecular formula is C17H15IO5. The van der Waals surface area contributed by atoms with Crippen LogP contribution in [-0.4, -0.2) is 32.6 Å². The molecule has 0 atom stereocenters. The van der Waals surface area contributed by atoms with Crippen LogP contribution in [0.3, 0.4) is 0 Å². The van der Waals surface area contributed by atoms with Gasteiger partial charge in [0.15, 0.2) is 6.61 Å². The van der Waals surface area contributed by atoms with E-state index >= 15 is 0 Å². The Morgan fingerprint density at radius 3 is 2.30 bits per heavy atom. The molecule has 0 bridgehead atoms. The molecule has 0 aliphatic carbocycles. The summed E-state index contributed by atoms with van der Waals surface area (Å²) in [4.78, 5) is 24.2. The molecule has 0 heterocycles. The Balaban J connectivity index is 2.07. The summed E-state index contributed by atoms with van der Waals surface area (Å²) >= 11 is 2.14. The second-order valence-electron chi connectivity index (χ2n) is 4.57. The van der Waals surface area contributed by atoms with Gasteiger partial charge in [-0.1, -0.05) is 0 Å². The van der Waals surface area contributed by atoms with Crippen LogP contribution in [0, 0.1) is 3.57 Å². The molecule has 0 radical (unpaired) electrons. The number of methoxy groups -OCH3 is 2. The van der Waals surface area contributed by atoms with E-state index in [1.54, 1.807) is 42.5 Å². The van der Waals surface area contributed by atoms with Crippen molar-refractivity contribution in [2.24, 2.45) is 0 Å². The van der Waals surface area contributed by atoms with Crippen LogP contribution in [0.4, 0.5) is 0 Å². The summed E-state index contributed by atoms with van der Waals surface area (Å²) in [7, 11) is 2.98. The smallest absolute Gasteiger partial charge is 0.338 e. The van der Waals surface area contributed by atoms with E-state index < -0.39 is 5.97 Å². The highest BCUT2D eigenvalue weighted by molar-refractivity contribution is 14.1. The predicted molar refractivity (Wildman–Crippen MR) is 93.3 cm³/mol. The van der Waals surface area contributed by atoms with Gasteiger partial charge in [-0.05, 0) is 65.1 Å². The predicted octanol–water partition coefficient (Wildman–Crippen LogP) is 3.35. The third-order valence-corrected chi connectivity index (χ3v) is 3.84. The van der Waals surface area contributed by atoms with Crippen molar-refractivity contribution in [3.8, 4) is 11.5 Å². The summed E-state index contributed by atoms with van der Waals surface area (Å²) < 4.78 is 16.3. The molecule has 5 nitrogen and oxygen atoms in total. The van der Waals surface area contributed by atoms with E-state index in [1.165, 1.54) is 14.2 Å². The monoisotopic (exact) mass is 426 g/mol. The van der Waals surface area contributed by atoms with E-state index in [-0.39, 0.29) is 12.4 Å². The highest BCUT2D eigenvalue weighted by atomic mass is 127. The lowest BCUT2D eigenvalue weighted by Gasteiger charge is -2.10. The molecule has 0 fully saturated rings. The maximum atomic E-state index is 12.3. The summed E-state index contributed by atoms with van der Waals surface area (Å²) in [6.07, 6.45) is 0. The van der Waals surface area contributed by atoms with Gasteiger partial charge in [0.25, 0.3) is 0 Å². The molecule has 0 aliphatic rings. The summed E-state index contributed by atoms with van der Waals surface area (Å²) in [5, 5.41) is 0. The van der Waals surface area contributed by atoms with Gasteiger partial charge in [0.1, 0.15) is 11.5 Å². The van der Waals surface area contributed by atoms with Crippen LogP contribution in [0.15, 0.2) is 42.5 Å². The first-order chi connectivity index (χ1) is 11.0. The van der Waals surface area contributed by atoms with E-state index in [0.29, 0.717) is 22.6 Å². The molecule has 2 aromatic rings. The average molecular weight is 426 g/mol. The zero-order valence-electron chi connectivity index (χ0n) is 12.7. The van der Waals surface area contributed by atoms with Crippen molar-refractivity contribution < 1.29 is 23.8 Å². The Kier molecular flexibility index (Phi) is 5.97. The Labute approximate surface area is 147 Å². The number of halogens is 1. The topological polar surface area (TPSA) is 61.8 Å². The molecule has 2 rings (SSSR count). The van der Waals surface area contributed by atoms with Gasteiger partial charge in [-0.2, -0.15) is 0 Å². The highest BCUT2D eigenvalue weighted by Crippen LogP contribution is 2.24. The van der Waals surface area contributed by atoms with Crippen molar-refractivity contribution in [1.29, 1.82) is 0 Å². The zero-order valence-corrected chi connectivity index (χ0v) is 14.8. The largest absolute Gasteiger partial charge is 0.497 e. The maximum Gasteiger partial charge on any atom is 0.338 e. The molecular weight excluding hydrogens is 411 g/mol. The Morgan fingerprint density at radius 1 is 1.00 bits per heavy atom. The lowest BCUT2D eigenvalue weighted by atomic mass is 10.1. The summed E-state index contributed by atoms with van der Waals surface area (Å²) in [6, 6.07) is 11.8. The molecule has 0 unspecified atom stereocenters. The van der Waals surface area contributed by atoms with Crippen molar-refractivity contribution in [3.63, 3.8) is 0 Å². The van der Waals surface area contributed by atoms with Gasteiger partial charge in [0.05, 0.1) is 25.3 Å². The van der Waals surface area contributed by atoms with Crippen molar-refractivity contribution >= 4 is 34.3 Å². The first-order valence-corrected chi connectivity index (χ1v) is 7.81. The fraction of sp³-hybridized carbons (Fsp3) is 0.176. The number of hydrogen-bond acceptors (Lipinski definition) is 5. The second kappa shape index (κ2) is 7.96. The first-order valence-electron chi connectivity index (χ1n) is 6.73. The fourth-order valence-electron chi connectivity index (χ4n) is 1.91. The first kappa shape index (κ1) is 17.3. The van der Waals surface area contributed by atoms with Crippen LogP contribution in [0.5, 0.6) is 11.5 Å². The molecule has 0 aromatic heterocycles. The summed E-state index contributed by atoms with van der Waals surface area (Å²) in [5.41, 5.74) is 0.707. The SMILES string of the molecule is COc1ccc(OC)c(C(=O)COC(=O)c2ccc(I)cc2)c1. The van der Waals surface area contributed by atoms with E-state index in [0.717, 1.165) is 3.57 Å². The van der Waals surface area contributed by atoms with Crippen molar-refractivity contribution in [1.82, 2.24) is 0 Å². The number of ether oxygens (including phenoxy) is 3. The van der Waals surface area contributed by atoms with Crippen LogP contribution in [0.1, 0.15) is 20.7 Å². The minimum atomic E-state index is -0.545. The number of benzene rings is 2. The number of carbonyl (C=O) groups is 2. The highest BCUT2D eigenvalue weighted by Gasteiger charge is 2.16. The van der Waals surface area contributed by atoms with Crippen LogP contribution in [0.25, 0.3) is 0 Å². The van der Waals surface area contributed by atoms with Crippen LogP contribution in [-0.2, 0) is 4.74 Å². The Bertz CT molecular complexity index is 709. The molecule has 0 saturated heterocycles. The standard InChI is InChI=1S/C17H15IO5/c1-21-13-7-8-16(22-2)14(9-13)15(19)10-23-17(20)11-3-5-12(18)6-4-11/h3-9H,10H2,1-2H3. The molecule has 0 spiro atoms. The molecule has 0 aliphatic heterocycles. The zero-order chi connectivity index (χ0) is 16.8. The van der Waals surface area contributed by atoms with Gasteiger partial charge in [-0.3, -0.25) is 4.79 Å². The van der Waals surface area contributed by atoms with E-state index in [9.17, 15) is 9.59 Å². The van der Waals surface area contributed by atoms with Crippen LogP contribution >= 0.6 is 22.6 Å². The molecule has 120 valence electrons. The Hall–Kier alpha value is -2.09. The minimum Gasteiger partial charge on any atom is -0.497 e. The number of carbonyl (C=O) groups excluding carboxylic acids is 2. The van der Waals surface area contributed by atoms with E-state index in [4.69, 9.17) is 14.2 Å². The average Bonchev–Trinajstić information content (AvgIpc) is 2.59. The normalized spacial score (nSPS) is 10.0. The van der Waals surface area contributed by atoms with Gasteiger partial charge >= 0.3 is 5.97 Å². The number of ketones is 1. The molecule has 6 heteroatoms. The van der Waals surface area contributed by atoms with Gasteiger partial charge < -0.3 is 14.2 Å². The number of Topliss-reactive ketones (excluding diaryl/α,β-unsaturated/α-hetero) is 1. The van der Waals surface area contributed by atoms with Crippen LogP contribution in [0.2, 0.25) is 0 Å². The molecule has 0 amide bonds. The molecule has 23 heavy (non-hydrogen) atoms. The van der Waals surface area contributed by atoms with Crippen molar-refractivity contribution in [3.05, 3.63) is 57.2 Å². The van der Waals surface area contributed by atoms with E-state index in [2.05, 4.69) is 22.6 Å². The number of rotatable bonds is 6. The van der Waals surface area contributed by atoms with Gasteiger partial charge in [0.2, 0.25) is 5.78 Å². The summed E-state index contributed by atoms with van der Waals surface area (Å²) in [5.74, 6) is 0.0236. The molecule has 2 aromatic carbocycles. The van der Waals surface area contributed by atoms with E-state index in [1.807, 2.05) is 0 Å². The van der Waals surface area contributed by atoms with Crippen molar-refractivity contribution in [2.75, 3.05) is 20.8 Å². The van der Waals surface area contributed by atoms with Gasteiger partial charge in [0, 0.05) is 3.57 Å². The number of esters is 1. The quantitative estimate of drug-likeness (QED) is 0.403. The number of hydrogen-bond donors (Lipinski definition) is 0. The minimum absolute atomic E-state index is 0.308. The maximum absolute atomic E-state index is 12.3. The van der Waals surface area contributed by atoms with Crippen molar-refractivity contribution in [2.45, 2.75) is 0 Å². The molecule has 0 saturated carbocycles. The van der Waals surface area contributed by atoms with Crippen LogP contribution < -0.4 is 9.47 Å². The second-order valence-corrected chi connectivity index (χ2v) is 5.82. The Morgan fingerprint density at radius 2 is 1.70 bits per heavy atom.